The lowest BCUT2D eigenvalue weighted by Gasteiger charge is -2.23. The number of fused-ring (bicyclic) bond motifs is 1. The van der Waals surface area contributed by atoms with Crippen molar-refractivity contribution in [1.82, 2.24) is 29.8 Å². The van der Waals surface area contributed by atoms with Gasteiger partial charge in [-0.1, -0.05) is 11.6 Å². The first kappa shape index (κ1) is 17.4. The number of halogens is 1. The van der Waals surface area contributed by atoms with Crippen LogP contribution in [0.15, 0.2) is 31.1 Å². The van der Waals surface area contributed by atoms with E-state index in [1.807, 2.05) is 11.0 Å². The average Bonchev–Trinajstić information content (AvgIpc) is 3.42. The molecule has 8 nitrogen and oxygen atoms in total. The summed E-state index contributed by atoms with van der Waals surface area (Å²) >= 11 is 6.25. The highest BCUT2D eigenvalue weighted by atomic mass is 35.5. The van der Waals surface area contributed by atoms with E-state index in [0.29, 0.717) is 17.2 Å². The number of aromatic nitrogens is 5. The van der Waals surface area contributed by atoms with Crippen LogP contribution < -0.4 is 4.90 Å². The molecular weight excluding hydrogens is 378 g/mol. The Morgan fingerprint density at radius 2 is 2.11 bits per heavy atom. The minimum atomic E-state index is 0.0322. The molecule has 4 heterocycles. The summed E-state index contributed by atoms with van der Waals surface area (Å²) in [5.41, 5.74) is 2.54. The molecule has 0 radical (unpaired) electrons. The Balaban J connectivity index is 1.27. The molecule has 28 heavy (non-hydrogen) atoms. The maximum atomic E-state index is 13.0. The molecule has 2 atom stereocenters. The summed E-state index contributed by atoms with van der Waals surface area (Å²) in [6.07, 6.45) is 8.33. The number of carbonyl (C=O) groups excluding carboxylic acids is 1. The number of hydrogen-bond acceptors (Lipinski definition) is 6. The van der Waals surface area contributed by atoms with Crippen LogP contribution >= 0.6 is 11.6 Å². The second kappa shape index (κ2) is 7.01. The predicted molar refractivity (Wildman–Crippen MR) is 105 cm³/mol. The van der Waals surface area contributed by atoms with Gasteiger partial charge in [0.2, 0.25) is 5.91 Å². The van der Waals surface area contributed by atoms with E-state index < -0.39 is 0 Å². The van der Waals surface area contributed by atoms with Crippen molar-refractivity contribution in [2.45, 2.75) is 18.8 Å². The molecule has 1 aliphatic heterocycles. The maximum Gasteiger partial charge on any atom is 0.226 e. The fourth-order valence-corrected chi connectivity index (χ4v) is 4.33. The van der Waals surface area contributed by atoms with Crippen LogP contribution in [0.25, 0.3) is 11.2 Å². The van der Waals surface area contributed by atoms with Crippen LogP contribution in [-0.4, -0.2) is 61.9 Å². The van der Waals surface area contributed by atoms with Gasteiger partial charge in [0.05, 0.1) is 11.3 Å². The number of rotatable bonds is 3. The van der Waals surface area contributed by atoms with E-state index in [4.69, 9.17) is 11.6 Å². The molecule has 0 unspecified atom stereocenters. The Bertz CT molecular complexity index is 1020. The number of pyridine rings is 1. The number of amides is 1. The lowest BCUT2D eigenvalue weighted by molar-refractivity contribution is -0.132. The van der Waals surface area contributed by atoms with Crippen LogP contribution in [-0.2, 0) is 4.79 Å². The molecule has 1 aliphatic carbocycles. The lowest BCUT2D eigenvalue weighted by atomic mass is 10.1. The van der Waals surface area contributed by atoms with E-state index in [2.05, 4.69) is 29.8 Å². The number of nitrogens with one attached hydrogen (secondary N) is 1. The third-order valence-corrected chi connectivity index (χ3v) is 5.94. The minimum absolute atomic E-state index is 0.0322. The van der Waals surface area contributed by atoms with Crippen molar-refractivity contribution in [3.63, 3.8) is 0 Å². The Kier molecular flexibility index (Phi) is 4.35. The van der Waals surface area contributed by atoms with Gasteiger partial charge in [-0.05, 0) is 30.4 Å². The summed E-state index contributed by atoms with van der Waals surface area (Å²) in [6.45, 7) is 3.04. The predicted octanol–water partition coefficient (Wildman–Crippen LogP) is 2.24. The van der Waals surface area contributed by atoms with Gasteiger partial charge in [-0.2, -0.15) is 0 Å². The highest BCUT2D eigenvalue weighted by Gasteiger charge is 2.46. The average molecular weight is 398 g/mol. The summed E-state index contributed by atoms with van der Waals surface area (Å²) in [5.74, 6) is 1.33. The molecule has 1 N–H and O–H groups in total. The first-order chi connectivity index (χ1) is 13.7. The molecule has 1 amide bonds. The van der Waals surface area contributed by atoms with E-state index in [1.54, 1.807) is 25.0 Å². The number of nitrogens with zero attached hydrogens (tertiary/aromatic N) is 6. The van der Waals surface area contributed by atoms with Gasteiger partial charge in [0.25, 0.3) is 0 Å². The third-order valence-electron chi connectivity index (χ3n) is 5.62. The largest absolute Gasteiger partial charge is 0.353 e. The molecule has 0 aromatic carbocycles. The van der Waals surface area contributed by atoms with Gasteiger partial charge >= 0.3 is 0 Å². The van der Waals surface area contributed by atoms with Crippen LogP contribution in [0, 0.1) is 5.92 Å². The molecule has 0 bridgehead atoms. The number of H-pyrrole nitrogens is 1. The summed E-state index contributed by atoms with van der Waals surface area (Å²) in [6, 6.07) is 1.93. The van der Waals surface area contributed by atoms with Crippen LogP contribution in [0.3, 0.4) is 0 Å². The molecule has 144 valence electrons. The van der Waals surface area contributed by atoms with Crippen molar-refractivity contribution in [3.05, 3.63) is 41.7 Å². The highest BCUT2D eigenvalue weighted by molar-refractivity contribution is 6.31. The SMILES string of the molecule is O=C([C@@H]1C[C@H]1c1ccncc1Cl)N1CCCN(c2ncnc3nc[nH]c23)CC1. The van der Waals surface area contributed by atoms with Gasteiger partial charge in [0.1, 0.15) is 11.8 Å². The summed E-state index contributed by atoms with van der Waals surface area (Å²) < 4.78 is 0. The monoisotopic (exact) mass is 397 g/mol. The Labute approximate surface area is 167 Å². The molecule has 1 saturated carbocycles. The zero-order valence-corrected chi connectivity index (χ0v) is 16.0. The topological polar surface area (TPSA) is 90.9 Å². The summed E-state index contributed by atoms with van der Waals surface area (Å²) in [4.78, 5) is 37.2. The Morgan fingerprint density at radius 1 is 1.18 bits per heavy atom. The second-order valence-electron chi connectivity index (χ2n) is 7.31. The van der Waals surface area contributed by atoms with E-state index in [9.17, 15) is 4.79 Å². The molecule has 5 rings (SSSR count). The van der Waals surface area contributed by atoms with Crippen molar-refractivity contribution in [2.24, 2.45) is 5.92 Å². The van der Waals surface area contributed by atoms with Crippen molar-refractivity contribution in [2.75, 3.05) is 31.1 Å². The van der Waals surface area contributed by atoms with Gasteiger partial charge < -0.3 is 14.8 Å². The molecular formula is C19H20ClN7O. The first-order valence-electron chi connectivity index (χ1n) is 9.49. The molecule has 2 aliphatic rings. The Hall–Kier alpha value is -2.74. The normalized spacial score (nSPS) is 22.3. The second-order valence-corrected chi connectivity index (χ2v) is 7.72. The molecule has 9 heteroatoms. The van der Waals surface area contributed by atoms with Gasteiger partial charge in [0.15, 0.2) is 11.5 Å². The number of imidazole rings is 1. The fraction of sp³-hybridized carbons (Fsp3) is 0.421. The Morgan fingerprint density at radius 3 is 3.00 bits per heavy atom. The number of hydrogen-bond donors (Lipinski definition) is 1. The smallest absolute Gasteiger partial charge is 0.226 e. The third kappa shape index (κ3) is 3.07. The quantitative estimate of drug-likeness (QED) is 0.728. The first-order valence-corrected chi connectivity index (χ1v) is 9.87. The zero-order valence-electron chi connectivity index (χ0n) is 15.3. The van der Waals surface area contributed by atoms with Crippen molar-refractivity contribution < 1.29 is 4.79 Å². The van der Waals surface area contributed by atoms with Crippen LogP contribution in [0.5, 0.6) is 0 Å². The lowest BCUT2D eigenvalue weighted by Crippen LogP contribution is -2.36. The van der Waals surface area contributed by atoms with Gasteiger partial charge in [-0.25, -0.2) is 15.0 Å². The van der Waals surface area contributed by atoms with Crippen molar-refractivity contribution in [1.29, 1.82) is 0 Å². The fourth-order valence-electron chi connectivity index (χ4n) is 4.07. The minimum Gasteiger partial charge on any atom is -0.353 e. The van der Waals surface area contributed by atoms with E-state index in [-0.39, 0.29) is 17.7 Å². The van der Waals surface area contributed by atoms with Gasteiger partial charge in [0, 0.05) is 44.5 Å². The summed E-state index contributed by atoms with van der Waals surface area (Å²) in [5, 5.41) is 0.650. The van der Waals surface area contributed by atoms with Crippen molar-refractivity contribution in [3.8, 4) is 0 Å². The van der Waals surface area contributed by atoms with Crippen LogP contribution in [0.2, 0.25) is 5.02 Å². The van der Waals surface area contributed by atoms with E-state index in [1.165, 1.54) is 0 Å². The molecule has 2 fully saturated rings. The summed E-state index contributed by atoms with van der Waals surface area (Å²) in [7, 11) is 0. The van der Waals surface area contributed by atoms with Crippen molar-refractivity contribution >= 4 is 34.5 Å². The number of anilines is 1. The van der Waals surface area contributed by atoms with Crippen LogP contribution in [0.4, 0.5) is 5.82 Å². The maximum absolute atomic E-state index is 13.0. The molecule has 0 spiro atoms. The van der Waals surface area contributed by atoms with E-state index in [0.717, 1.165) is 49.4 Å². The van der Waals surface area contributed by atoms with Crippen LogP contribution in [0.1, 0.15) is 24.3 Å². The van der Waals surface area contributed by atoms with Gasteiger partial charge in [-0.3, -0.25) is 9.78 Å². The zero-order chi connectivity index (χ0) is 19.1. The van der Waals surface area contributed by atoms with E-state index >= 15 is 0 Å². The number of aromatic amines is 1. The molecule has 1 saturated heterocycles. The number of carbonyl (C=O) groups is 1. The van der Waals surface area contributed by atoms with Gasteiger partial charge in [-0.15, -0.1) is 0 Å². The molecule has 3 aromatic rings. The molecule has 3 aromatic heterocycles. The highest BCUT2D eigenvalue weighted by Crippen LogP contribution is 2.50. The standard InChI is InChI=1S/C19H20ClN7O/c20-15-9-21-3-2-12(15)13-8-14(13)19(28)27-5-1-4-26(6-7-27)18-16-17(23-10-22-16)24-11-25-18/h2-3,9-11,13-14H,1,4-8H2,(H,22,23,24,25)/t13-,14+/m0/s1.